The molecule has 0 saturated carbocycles. The normalized spacial score (nSPS) is 22.2. The van der Waals surface area contributed by atoms with E-state index in [-0.39, 0.29) is 0 Å². The van der Waals surface area contributed by atoms with E-state index >= 15 is 0 Å². The van der Waals surface area contributed by atoms with Gasteiger partial charge in [-0.15, -0.1) is 5.10 Å². The Morgan fingerprint density at radius 3 is 3.08 bits per heavy atom. The first-order chi connectivity index (χ1) is 6.29. The Labute approximate surface area is 74.7 Å². The molecule has 6 nitrogen and oxygen atoms in total. The molecular formula is C7H10N4O2. The summed E-state index contributed by atoms with van der Waals surface area (Å²) in [5, 5.41) is 18.0. The summed E-state index contributed by atoms with van der Waals surface area (Å²) in [6.07, 6.45) is 4.75. The molecule has 6 heteroatoms. The van der Waals surface area contributed by atoms with Crippen molar-refractivity contribution in [1.82, 2.24) is 15.1 Å². The highest BCUT2D eigenvalue weighted by atomic mass is 16.4. The molecule has 1 unspecified atom stereocenters. The van der Waals surface area contributed by atoms with E-state index in [4.69, 9.17) is 5.11 Å². The molecule has 1 aliphatic heterocycles. The van der Waals surface area contributed by atoms with Gasteiger partial charge in [0.2, 0.25) is 0 Å². The topological polar surface area (TPSA) is 71.2 Å². The van der Waals surface area contributed by atoms with Crippen LogP contribution in [0.15, 0.2) is 12.4 Å². The minimum absolute atomic E-state index is 0.457. The van der Waals surface area contributed by atoms with Crippen LogP contribution < -0.4 is 5.01 Å². The van der Waals surface area contributed by atoms with Gasteiger partial charge in [-0.25, -0.2) is 4.79 Å². The van der Waals surface area contributed by atoms with Gasteiger partial charge in [-0.2, -0.15) is 4.79 Å². The minimum atomic E-state index is -0.798. The Kier molecular flexibility index (Phi) is 1.88. The van der Waals surface area contributed by atoms with Crippen LogP contribution in [-0.4, -0.2) is 38.8 Å². The molecule has 1 aliphatic rings. The molecule has 1 N–H and O–H groups in total. The Bertz CT molecular complexity index is 297. The summed E-state index contributed by atoms with van der Waals surface area (Å²) in [5.41, 5.74) is 0. The first-order valence-electron chi connectivity index (χ1n) is 4.15. The Balaban J connectivity index is 2.19. The second-order valence-electron chi connectivity index (χ2n) is 2.98. The number of rotatable bonds is 2. The van der Waals surface area contributed by atoms with Crippen molar-refractivity contribution in [1.29, 1.82) is 0 Å². The van der Waals surface area contributed by atoms with Crippen LogP contribution in [-0.2, 0) is 4.79 Å². The zero-order chi connectivity index (χ0) is 9.26. The van der Waals surface area contributed by atoms with Crippen molar-refractivity contribution in [2.75, 3.05) is 11.6 Å². The maximum Gasteiger partial charge on any atom is 0.328 e. The van der Waals surface area contributed by atoms with Crippen molar-refractivity contribution < 1.29 is 9.90 Å². The number of aliphatic carboxylic acids is 1. The molecule has 1 fully saturated rings. The van der Waals surface area contributed by atoms with Gasteiger partial charge >= 0.3 is 5.97 Å². The molecule has 2 heterocycles. The van der Waals surface area contributed by atoms with Crippen molar-refractivity contribution in [3.05, 3.63) is 12.4 Å². The average molecular weight is 182 g/mol. The van der Waals surface area contributed by atoms with Gasteiger partial charge in [0, 0.05) is 6.54 Å². The van der Waals surface area contributed by atoms with Crippen molar-refractivity contribution >= 4 is 5.97 Å². The lowest BCUT2D eigenvalue weighted by Gasteiger charge is -2.21. The fourth-order valence-electron chi connectivity index (χ4n) is 1.59. The van der Waals surface area contributed by atoms with E-state index in [9.17, 15) is 4.79 Å². The van der Waals surface area contributed by atoms with Crippen LogP contribution >= 0.6 is 0 Å². The van der Waals surface area contributed by atoms with Gasteiger partial charge in [0.1, 0.15) is 6.04 Å². The third kappa shape index (κ3) is 1.34. The molecule has 1 aromatic heterocycles. The fourth-order valence-corrected chi connectivity index (χ4v) is 1.59. The molecule has 70 valence electrons. The summed E-state index contributed by atoms with van der Waals surface area (Å²) in [6.45, 7) is 0.723. The second kappa shape index (κ2) is 3.04. The smallest absolute Gasteiger partial charge is 0.328 e. The van der Waals surface area contributed by atoms with E-state index in [1.54, 1.807) is 11.2 Å². The van der Waals surface area contributed by atoms with Crippen LogP contribution in [0.25, 0.3) is 0 Å². The van der Waals surface area contributed by atoms with Crippen LogP contribution in [0.1, 0.15) is 12.8 Å². The number of carboxylic acid groups (broad SMARTS) is 1. The Morgan fingerprint density at radius 2 is 2.46 bits per heavy atom. The highest BCUT2D eigenvalue weighted by Crippen LogP contribution is 2.14. The van der Waals surface area contributed by atoms with Crippen molar-refractivity contribution in [3.8, 4) is 0 Å². The maximum atomic E-state index is 10.8. The number of hydrogen-bond donors (Lipinski definition) is 1. The van der Waals surface area contributed by atoms with Gasteiger partial charge < -0.3 is 5.11 Å². The number of aromatic nitrogens is 3. The highest BCUT2D eigenvalue weighted by molar-refractivity contribution is 5.75. The monoisotopic (exact) mass is 182 g/mol. The van der Waals surface area contributed by atoms with Crippen LogP contribution in [0.5, 0.6) is 0 Å². The third-order valence-electron chi connectivity index (χ3n) is 2.18. The molecule has 13 heavy (non-hydrogen) atoms. The van der Waals surface area contributed by atoms with Gasteiger partial charge in [-0.1, -0.05) is 0 Å². The highest BCUT2D eigenvalue weighted by Gasteiger charge is 2.31. The SMILES string of the molecule is O=C(O)C1CCCN1n1ccnn1. The van der Waals surface area contributed by atoms with E-state index in [1.165, 1.54) is 11.0 Å². The molecule has 1 saturated heterocycles. The first kappa shape index (κ1) is 8.03. The molecule has 0 bridgehead atoms. The number of nitrogens with zero attached hydrogens (tertiary/aromatic N) is 4. The molecule has 0 radical (unpaired) electrons. The predicted octanol–water partition coefficient (Wildman–Crippen LogP) is -0.537. The van der Waals surface area contributed by atoms with Crippen LogP contribution in [0.3, 0.4) is 0 Å². The minimum Gasteiger partial charge on any atom is -0.480 e. The van der Waals surface area contributed by atoms with E-state index in [0.717, 1.165) is 13.0 Å². The Hall–Kier alpha value is -1.59. The van der Waals surface area contributed by atoms with E-state index in [0.29, 0.717) is 6.42 Å². The average Bonchev–Trinajstić information content (AvgIpc) is 2.74. The van der Waals surface area contributed by atoms with Gasteiger partial charge in [-0.3, -0.25) is 5.01 Å². The standard InChI is InChI=1S/C7H10N4O2/c12-7(13)6-2-1-4-10(6)11-5-3-8-9-11/h3,5-6H,1-2,4H2,(H,12,13). The predicted molar refractivity (Wildman–Crippen MR) is 43.8 cm³/mol. The zero-order valence-corrected chi connectivity index (χ0v) is 7.00. The van der Waals surface area contributed by atoms with E-state index in [2.05, 4.69) is 10.3 Å². The molecule has 0 aromatic carbocycles. The molecule has 1 aromatic rings. The zero-order valence-electron chi connectivity index (χ0n) is 7.00. The molecule has 0 amide bonds. The Morgan fingerprint density at radius 1 is 1.62 bits per heavy atom. The number of hydrogen-bond acceptors (Lipinski definition) is 4. The summed E-state index contributed by atoms with van der Waals surface area (Å²) in [5.74, 6) is -0.798. The lowest BCUT2D eigenvalue weighted by Crippen LogP contribution is -2.44. The molecule has 2 rings (SSSR count). The molecule has 0 spiro atoms. The van der Waals surface area contributed by atoms with Crippen molar-refractivity contribution in [3.63, 3.8) is 0 Å². The van der Waals surface area contributed by atoms with E-state index < -0.39 is 12.0 Å². The van der Waals surface area contributed by atoms with Crippen LogP contribution in [0.4, 0.5) is 0 Å². The van der Waals surface area contributed by atoms with Crippen LogP contribution in [0.2, 0.25) is 0 Å². The lowest BCUT2D eigenvalue weighted by atomic mass is 10.2. The number of carbonyl (C=O) groups is 1. The van der Waals surface area contributed by atoms with Crippen LogP contribution in [0, 0.1) is 0 Å². The first-order valence-corrected chi connectivity index (χ1v) is 4.15. The van der Waals surface area contributed by atoms with Crippen molar-refractivity contribution in [2.24, 2.45) is 0 Å². The van der Waals surface area contributed by atoms with Gasteiger partial charge in [-0.05, 0) is 18.1 Å². The number of carboxylic acids is 1. The fraction of sp³-hybridized carbons (Fsp3) is 0.571. The molecule has 1 atom stereocenters. The van der Waals surface area contributed by atoms with Gasteiger partial charge in [0.05, 0.1) is 12.4 Å². The van der Waals surface area contributed by atoms with E-state index in [1.807, 2.05) is 0 Å². The summed E-state index contributed by atoms with van der Waals surface area (Å²) in [6, 6.07) is -0.457. The second-order valence-corrected chi connectivity index (χ2v) is 2.98. The largest absolute Gasteiger partial charge is 0.480 e. The van der Waals surface area contributed by atoms with Gasteiger partial charge in [0.15, 0.2) is 0 Å². The quantitative estimate of drug-likeness (QED) is 0.665. The van der Waals surface area contributed by atoms with Crippen molar-refractivity contribution in [2.45, 2.75) is 18.9 Å². The third-order valence-corrected chi connectivity index (χ3v) is 2.18. The summed E-state index contributed by atoms with van der Waals surface area (Å²) >= 11 is 0. The summed E-state index contributed by atoms with van der Waals surface area (Å²) in [4.78, 5) is 12.3. The maximum absolute atomic E-state index is 10.8. The van der Waals surface area contributed by atoms with Gasteiger partial charge in [0.25, 0.3) is 0 Å². The molecular weight excluding hydrogens is 172 g/mol. The summed E-state index contributed by atoms with van der Waals surface area (Å²) in [7, 11) is 0. The lowest BCUT2D eigenvalue weighted by molar-refractivity contribution is -0.138. The molecule has 0 aliphatic carbocycles. The summed E-state index contributed by atoms with van der Waals surface area (Å²) < 4.78 is 0.